The van der Waals surface area contributed by atoms with Crippen molar-refractivity contribution in [3.05, 3.63) is 36.8 Å². The normalized spacial score (nSPS) is 9.25. The Balaban J connectivity index is 3.03. The van der Waals surface area contributed by atoms with Gasteiger partial charge in [0.2, 0.25) is 0 Å². The topological polar surface area (TPSA) is 12.9 Å². The Hall–Kier alpha value is -0.920. The summed E-state index contributed by atoms with van der Waals surface area (Å²) in [6.07, 6.45) is 1.14. The average Bonchev–Trinajstić information content (AvgIpc) is 1.77. The smallest absolute Gasteiger partial charge is 0.141 e. The number of nitrogens with zero attached hydrogens (tertiary/aromatic N) is 1. The van der Waals surface area contributed by atoms with Crippen molar-refractivity contribution in [2.45, 2.75) is 0 Å². The molecular formula is C6H5FN. The van der Waals surface area contributed by atoms with Crippen molar-refractivity contribution in [2.75, 3.05) is 0 Å². The lowest BCUT2D eigenvalue weighted by molar-refractivity contribution is 0.621. The summed E-state index contributed by atoms with van der Waals surface area (Å²) in [6, 6.07) is 2.85. The zero-order valence-corrected chi connectivity index (χ0v) is 4.26. The SMILES string of the molecule is [CH2]c1ccc(F)cn1. The standard InChI is InChI=1S/C6H5FN/c1-5-2-3-6(7)4-8-5/h2-4H,1H2. The van der Waals surface area contributed by atoms with Crippen LogP contribution in [0, 0.1) is 12.7 Å². The van der Waals surface area contributed by atoms with E-state index in [0.29, 0.717) is 5.69 Å². The first kappa shape index (κ1) is 5.22. The second-order valence-electron chi connectivity index (χ2n) is 1.47. The molecule has 8 heavy (non-hydrogen) atoms. The van der Waals surface area contributed by atoms with Crippen molar-refractivity contribution in [2.24, 2.45) is 0 Å². The van der Waals surface area contributed by atoms with Crippen LogP contribution in [0.5, 0.6) is 0 Å². The monoisotopic (exact) mass is 110 g/mol. The summed E-state index contributed by atoms with van der Waals surface area (Å²) in [5.74, 6) is -0.322. The summed E-state index contributed by atoms with van der Waals surface area (Å²) >= 11 is 0. The Labute approximate surface area is 47.2 Å². The summed E-state index contributed by atoms with van der Waals surface area (Å²) < 4.78 is 12.0. The lowest BCUT2D eigenvalue weighted by Crippen LogP contribution is -1.79. The van der Waals surface area contributed by atoms with Gasteiger partial charge in [-0.1, -0.05) is 0 Å². The van der Waals surface area contributed by atoms with Crippen molar-refractivity contribution >= 4 is 0 Å². The third-order valence-corrected chi connectivity index (χ3v) is 0.789. The van der Waals surface area contributed by atoms with E-state index in [1.807, 2.05) is 0 Å². The van der Waals surface area contributed by atoms with Gasteiger partial charge in [0.1, 0.15) is 5.82 Å². The van der Waals surface area contributed by atoms with Gasteiger partial charge < -0.3 is 0 Å². The summed E-state index contributed by atoms with van der Waals surface area (Å²) in [6.45, 7) is 3.48. The Morgan fingerprint density at radius 1 is 1.50 bits per heavy atom. The maximum Gasteiger partial charge on any atom is 0.141 e. The second-order valence-corrected chi connectivity index (χ2v) is 1.47. The highest BCUT2D eigenvalue weighted by Gasteiger charge is 1.85. The third kappa shape index (κ3) is 1.03. The molecule has 2 heteroatoms. The first-order valence-corrected chi connectivity index (χ1v) is 2.22. The van der Waals surface area contributed by atoms with E-state index < -0.39 is 0 Å². The molecular weight excluding hydrogens is 105 g/mol. The molecule has 0 bridgehead atoms. The highest BCUT2D eigenvalue weighted by Crippen LogP contribution is 1.94. The molecule has 0 amide bonds. The van der Waals surface area contributed by atoms with Crippen LogP contribution in [-0.4, -0.2) is 4.98 Å². The Bertz CT molecular complexity index is 147. The van der Waals surface area contributed by atoms with E-state index in [0.717, 1.165) is 6.20 Å². The van der Waals surface area contributed by atoms with Gasteiger partial charge in [0.25, 0.3) is 0 Å². The van der Waals surface area contributed by atoms with Gasteiger partial charge in [-0.05, 0) is 19.1 Å². The Morgan fingerprint density at radius 2 is 2.25 bits per heavy atom. The molecule has 0 saturated carbocycles. The molecule has 1 radical (unpaired) electrons. The summed E-state index contributed by atoms with van der Waals surface area (Å²) in [4.78, 5) is 3.59. The van der Waals surface area contributed by atoms with Crippen LogP contribution in [0.2, 0.25) is 0 Å². The van der Waals surface area contributed by atoms with Gasteiger partial charge in [-0.25, -0.2) is 4.39 Å². The number of rotatable bonds is 0. The molecule has 1 heterocycles. The molecule has 0 atom stereocenters. The fourth-order valence-corrected chi connectivity index (χ4v) is 0.406. The van der Waals surface area contributed by atoms with Crippen LogP contribution < -0.4 is 0 Å². The molecule has 0 aliphatic rings. The molecule has 0 saturated heterocycles. The molecule has 0 N–H and O–H groups in total. The largest absolute Gasteiger partial charge is 0.258 e. The fraction of sp³-hybridized carbons (Fsp3) is 0. The molecule has 0 aliphatic carbocycles. The van der Waals surface area contributed by atoms with Crippen LogP contribution in [0.3, 0.4) is 0 Å². The van der Waals surface area contributed by atoms with Gasteiger partial charge in [-0.15, -0.1) is 0 Å². The van der Waals surface area contributed by atoms with Crippen LogP contribution in [0.4, 0.5) is 4.39 Å². The predicted octanol–water partition coefficient (Wildman–Crippen LogP) is 1.40. The molecule has 1 aromatic rings. The van der Waals surface area contributed by atoms with E-state index in [1.165, 1.54) is 12.1 Å². The van der Waals surface area contributed by atoms with Gasteiger partial charge in [0, 0.05) is 5.69 Å². The van der Waals surface area contributed by atoms with E-state index in [4.69, 9.17) is 0 Å². The molecule has 0 unspecified atom stereocenters. The number of pyridine rings is 1. The molecule has 0 fully saturated rings. The number of halogens is 1. The zero-order chi connectivity index (χ0) is 5.98. The summed E-state index contributed by atoms with van der Waals surface area (Å²) in [7, 11) is 0. The van der Waals surface area contributed by atoms with Crippen molar-refractivity contribution in [3.63, 3.8) is 0 Å². The molecule has 0 aromatic carbocycles. The first-order chi connectivity index (χ1) is 3.79. The minimum Gasteiger partial charge on any atom is -0.258 e. The molecule has 1 aromatic heterocycles. The van der Waals surface area contributed by atoms with E-state index in [-0.39, 0.29) is 5.82 Å². The van der Waals surface area contributed by atoms with Crippen LogP contribution in [0.25, 0.3) is 0 Å². The minimum absolute atomic E-state index is 0.322. The maximum absolute atomic E-state index is 12.0. The number of hydrogen-bond acceptors (Lipinski definition) is 1. The minimum atomic E-state index is -0.322. The van der Waals surface area contributed by atoms with E-state index in [1.54, 1.807) is 0 Å². The third-order valence-electron chi connectivity index (χ3n) is 0.789. The van der Waals surface area contributed by atoms with Gasteiger partial charge in [0.05, 0.1) is 6.20 Å². The van der Waals surface area contributed by atoms with Crippen LogP contribution in [-0.2, 0) is 0 Å². The first-order valence-electron chi connectivity index (χ1n) is 2.22. The van der Waals surface area contributed by atoms with E-state index >= 15 is 0 Å². The van der Waals surface area contributed by atoms with Gasteiger partial charge in [0.15, 0.2) is 0 Å². The molecule has 1 rings (SSSR count). The van der Waals surface area contributed by atoms with Crippen LogP contribution >= 0.6 is 0 Å². The maximum atomic E-state index is 12.0. The number of hydrogen-bond donors (Lipinski definition) is 0. The lowest BCUT2D eigenvalue weighted by atomic mass is 10.4. The summed E-state index contributed by atoms with van der Waals surface area (Å²) in [5, 5.41) is 0. The fourth-order valence-electron chi connectivity index (χ4n) is 0.406. The number of aromatic nitrogens is 1. The quantitative estimate of drug-likeness (QED) is 0.492. The highest BCUT2D eigenvalue weighted by molar-refractivity contribution is 5.07. The highest BCUT2D eigenvalue weighted by atomic mass is 19.1. The van der Waals surface area contributed by atoms with Gasteiger partial charge in [-0.3, -0.25) is 4.98 Å². The predicted molar refractivity (Wildman–Crippen MR) is 28.7 cm³/mol. The van der Waals surface area contributed by atoms with E-state index in [9.17, 15) is 4.39 Å². The average molecular weight is 110 g/mol. The van der Waals surface area contributed by atoms with Crippen molar-refractivity contribution < 1.29 is 4.39 Å². The zero-order valence-electron chi connectivity index (χ0n) is 4.26. The molecule has 41 valence electrons. The van der Waals surface area contributed by atoms with Crippen LogP contribution in [0.15, 0.2) is 18.3 Å². The van der Waals surface area contributed by atoms with E-state index in [2.05, 4.69) is 11.9 Å². The Kier molecular flexibility index (Phi) is 1.24. The van der Waals surface area contributed by atoms with Gasteiger partial charge >= 0.3 is 0 Å². The van der Waals surface area contributed by atoms with Crippen molar-refractivity contribution in [1.82, 2.24) is 4.98 Å². The molecule has 1 nitrogen and oxygen atoms in total. The van der Waals surface area contributed by atoms with Crippen LogP contribution in [0.1, 0.15) is 5.69 Å². The second kappa shape index (κ2) is 1.90. The lowest BCUT2D eigenvalue weighted by Gasteiger charge is -1.86. The summed E-state index contributed by atoms with van der Waals surface area (Å²) in [5.41, 5.74) is 0.589. The molecule has 0 spiro atoms. The van der Waals surface area contributed by atoms with Crippen molar-refractivity contribution in [1.29, 1.82) is 0 Å². The molecule has 0 aliphatic heterocycles. The van der Waals surface area contributed by atoms with Crippen molar-refractivity contribution in [3.8, 4) is 0 Å². The Morgan fingerprint density at radius 3 is 2.62 bits per heavy atom. The van der Waals surface area contributed by atoms with Gasteiger partial charge in [-0.2, -0.15) is 0 Å².